The quantitative estimate of drug-likeness (QED) is 0.811. The number of nitrogens with zero attached hydrogens (tertiary/aromatic N) is 2. The second-order valence-corrected chi connectivity index (χ2v) is 3.53. The van der Waals surface area contributed by atoms with E-state index in [-0.39, 0.29) is 6.04 Å². The molecule has 4 nitrogen and oxygen atoms in total. The van der Waals surface area contributed by atoms with Crippen molar-refractivity contribution < 1.29 is 4.42 Å². The summed E-state index contributed by atoms with van der Waals surface area (Å²) < 4.78 is 5.25. The summed E-state index contributed by atoms with van der Waals surface area (Å²) in [5, 5.41) is 0. The lowest BCUT2D eigenvalue weighted by molar-refractivity contribution is 0.569. The topological polar surface area (TPSA) is 64.9 Å². The first-order valence-electron chi connectivity index (χ1n) is 4.80. The van der Waals surface area contributed by atoms with Gasteiger partial charge in [-0.3, -0.25) is 4.98 Å². The third kappa shape index (κ3) is 1.89. The Morgan fingerprint density at radius 2 is 2.13 bits per heavy atom. The van der Waals surface area contributed by atoms with Crippen LogP contribution in [0, 0.1) is 6.92 Å². The maximum Gasteiger partial charge on any atom is 0.181 e. The molecule has 15 heavy (non-hydrogen) atoms. The SMILES string of the molecule is Cc1ncoc1-c1ccc([C@H](C)N)cn1. The van der Waals surface area contributed by atoms with E-state index in [9.17, 15) is 0 Å². The number of hydrogen-bond donors (Lipinski definition) is 1. The van der Waals surface area contributed by atoms with Crippen LogP contribution < -0.4 is 5.73 Å². The molecule has 2 N–H and O–H groups in total. The Morgan fingerprint density at radius 1 is 1.33 bits per heavy atom. The minimum Gasteiger partial charge on any atom is -0.442 e. The van der Waals surface area contributed by atoms with Crippen molar-refractivity contribution in [3.8, 4) is 11.5 Å². The Balaban J connectivity index is 2.36. The minimum atomic E-state index is 0.00220. The van der Waals surface area contributed by atoms with Crippen LogP contribution in [-0.4, -0.2) is 9.97 Å². The fourth-order valence-electron chi connectivity index (χ4n) is 1.36. The van der Waals surface area contributed by atoms with Gasteiger partial charge in [-0.15, -0.1) is 0 Å². The lowest BCUT2D eigenvalue weighted by atomic mass is 10.1. The fourth-order valence-corrected chi connectivity index (χ4v) is 1.36. The van der Waals surface area contributed by atoms with E-state index >= 15 is 0 Å². The van der Waals surface area contributed by atoms with Gasteiger partial charge in [-0.25, -0.2) is 4.98 Å². The van der Waals surface area contributed by atoms with Crippen molar-refractivity contribution in [3.63, 3.8) is 0 Å². The van der Waals surface area contributed by atoms with Crippen LogP contribution >= 0.6 is 0 Å². The molecule has 0 aliphatic carbocycles. The van der Waals surface area contributed by atoms with E-state index in [2.05, 4.69) is 9.97 Å². The molecule has 2 aromatic rings. The normalized spacial score (nSPS) is 12.7. The summed E-state index contributed by atoms with van der Waals surface area (Å²) >= 11 is 0. The number of aromatic nitrogens is 2. The van der Waals surface area contributed by atoms with E-state index in [0.29, 0.717) is 5.76 Å². The number of nitrogens with two attached hydrogens (primary N) is 1. The van der Waals surface area contributed by atoms with Crippen molar-refractivity contribution in [3.05, 3.63) is 36.0 Å². The molecule has 4 heteroatoms. The standard InChI is InChI=1S/C11H13N3O/c1-7(12)9-3-4-10(13-5-9)11-8(2)14-6-15-11/h3-7H,12H2,1-2H3/t7-/m0/s1. The Hall–Kier alpha value is -1.68. The zero-order valence-electron chi connectivity index (χ0n) is 8.77. The Kier molecular flexibility index (Phi) is 2.51. The maximum atomic E-state index is 5.74. The summed E-state index contributed by atoms with van der Waals surface area (Å²) in [4.78, 5) is 8.31. The summed E-state index contributed by atoms with van der Waals surface area (Å²) in [6, 6.07) is 3.85. The van der Waals surface area contributed by atoms with Crippen LogP contribution in [0.3, 0.4) is 0 Å². The molecule has 2 heterocycles. The Labute approximate surface area is 88.2 Å². The Bertz CT molecular complexity index is 445. The van der Waals surface area contributed by atoms with Crippen molar-refractivity contribution in [1.29, 1.82) is 0 Å². The molecule has 0 fully saturated rings. The van der Waals surface area contributed by atoms with Crippen molar-refractivity contribution >= 4 is 0 Å². The highest BCUT2D eigenvalue weighted by Crippen LogP contribution is 2.21. The lowest BCUT2D eigenvalue weighted by Gasteiger charge is -2.04. The third-order valence-corrected chi connectivity index (χ3v) is 2.29. The summed E-state index contributed by atoms with van der Waals surface area (Å²) in [5.41, 5.74) is 8.38. The van der Waals surface area contributed by atoms with Gasteiger partial charge in [0, 0.05) is 12.2 Å². The second kappa shape index (κ2) is 3.82. The molecular formula is C11H13N3O. The van der Waals surface area contributed by atoms with Crippen LogP contribution in [0.25, 0.3) is 11.5 Å². The molecule has 0 aliphatic heterocycles. The highest BCUT2D eigenvalue weighted by Gasteiger charge is 2.08. The van der Waals surface area contributed by atoms with Gasteiger partial charge in [0.1, 0.15) is 5.69 Å². The van der Waals surface area contributed by atoms with Crippen molar-refractivity contribution in [2.24, 2.45) is 5.73 Å². The van der Waals surface area contributed by atoms with Gasteiger partial charge >= 0.3 is 0 Å². The molecule has 0 aliphatic rings. The molecule has 0 aromatic carbocycles. The molecule has 0 saturated carbocycles. The van der Waals surface area contributed by atoms with Crippen molar-refractivity contribution in [2.45, 2.75) is 19.9 Å². The molecule has 0 spiro atoms. The minimum absolute atomic E-state index is 0.00220. The monoisotopic (exact) mass is 203 g/mol. The highest BCUT2D eigenvalue weighted by atomic mass is 16.3. The van der Waals surface area contributed by atoms with E-state index < -0.39 is 0 Å². The van der Waals surface area contributed by atoms with Crippen LogP contribution in [0.5, 0.6) is 0 Å². The largest absolute Gasteiger partial charge is 0.442 e. The van der Waals surface area contributed by atoms with E-state index in [4.69, 9.17) is 10.2 Å². The number of aryl methyl sites for hydroxylation is 1. The molecule has 0 amide bonds. The van der Waals surface area contributed by atoms with Crippen LogP contribution in [0.15, 0.2) is 29.1 Å². The van der Waals surface area contributed by atoms with Gasteiger partial charge in [0.2, 0.25) is 0 Å². The van der Waals surface area contributed by atoms with Gasteiger partial charge in [-0.05, 0) is 25.5 Å². The van der Waals surface area contributed by atoms with E-state index in [1.807, 2.05) is 26.0 Å². The Morgan fingerprint density at radius 3 is 2.60 bits per heavy atom. The molecule has 0 bridgehead atoms. The van der Waals surface area contributed by atoms with Gasteiger partial charge in [-0.1, -0.05) is 6.07 Å². The first-order valence-corrected chi connectivity index (χ1v) is 4.80. The molecule has 78 valence electrons. The number of pyridine rings is 1. The number of hydrogen-bond acceptors (Lipinski definition) is 4. The zero-order valence-corrected chi connectivity index (χ0v) is 8.77. The maximum absolute atomic E-state index is 5.74. The fraction of sp³-hybridized carbons (Fsp3) is 0.273. The second-order valence-electron chi connectivity index (χ2n) is 3.53. The molecular weight excluding hydrogens is 190 g/mol. The van der Waals surface area contributed by atoms with E-state index in [1.165, 1.54) is 6.39 Å². The van der Waals surface area contributed by atoms with E-state index in [0.717, 1.165) is 17.0 Å². The van der Waals surface area contributed by atoms with Crippen LogP contribution in [0.1, 0.15) is 24.2 Å². The van der Waals surface area contributed by atoms with Crippen LogP contribution in [-0.2, 0) is 0 Å². The average molecular weight is 203 g/mol. The lowest BCUT2D eigenvalue weighted by Crippen LogP contribution is -2.05. The van der Waals surface area contributed by atoms with Gasteiger partial charge < -0.3 is 10.2 Å². The predicted octanol–water partition coefficient (Wildman–Crippen LogP) is 2.06. The van der Waals surface area contributed by atoms with Gasteiger partial charge in [0.05, 0.1) is 5.69 Å². The van der Waals surface area contributed by atoms with Gasteiger partial charge in [0.25, 0.3) is 0 Å². The molecule has 2 aromatic heterocycles. The van der Waals surface area contributed by atoms with Gasteiger partial charge in [-0.2, -0.15) is 0 Å². The first-order chi connectivity index (χ1) is 7.18. The first kappa shape index (κ1) is 9.86. The summed E-state index contributed by atoms with van der Waals surface area (Å²) in [6.07, 6.45) is 3.19. The summed E-state index contributed by atoms with van der Waals surface area (Å²) in [6.45, 7) is 3.82. The number of oxazole rings is 1. The molecule has 2 rings (SSSR count). The summed E-state index contributed by atoms with van der Waals surface area (Å²) in [7, 11) is 0. The smallest absolute Gasteiger partial charge is 0.181 e. The molecule has 0 saturated heterocycles. The summed E-state index contributed by atoms with van der Waals surface area (Å²) in [5.74, 6) is 0.714. The van der Waals surface area contributed by atoms with E-state index in [1.54, 1.807) is 6.20 Å². The molecule has 0 radical (unpaired) electrons. The van der Waals surface area contributed by atoms with Gasteiger partial charge in [0.15, 0.2) is 12.2 Å². The third-order valence-electron chi connectivity index (χ3n) is 2.29. The molecule has 0 unspecified atom stereocenters. The zero-order chi connectivity index (χ0) is 10.8. The average Bonchev–Trinajstić information content (AvgIpc) is 2.65. The predicted molar refractivity (Wildman–Crippen MR) is 57.1 cm³/mol. The van der Waals surface area contributed by atoms with Crippen LogP contribution in [0.4, 0.5) is 0 Å². The van der Waals surface area contributed by atoms with Crippen LogP contribution in [0.2, 0.25) is 0 Å². The molecule has 1 atom stereocenters. The number of rotatable bonds is 2. The van der Waals surface area contributed by atoms with Crippen molar-refractivity contribution in [2.75, 3.05) is 0 Å². The van der Waals surface area contributed by atoms with Crippen molar-refractivity contribution in [1.82, 2.24) is 9.97 Å². The highest BCUT2D eigenvalue weighted by molar-refractivity contribution is 5.54.